The first-order valence-corrected chi connectivity index (χ1v) is 15.5. The molecule has 231 valence electrons. The van der Waals surface area contributed by atoms with Gasteiger partial charge >= 0.3 is 0 Å². The van der Waals surface area contributed by atoms with Crippen molar-refractivity contribution in [2.75, 3.05) is 0 Å². The van der Waals surface area contributed by atoms with Crippen molar-refractivity contribution < 1.29 is 30.0 Å². The van der Waals surface area contributed by atoms with E-state index in [1.165, 1.54) is 65.6 Å². The number of aromatic nitrogens is 1. The van der Waals surface area contributed by atoms with Crippen molar-refractivity contribution in [2.24, 2.45) is 11.8 Å². The molecule has 4 aromatic rings. The summed E-state index contributed by atoms with van der Waals surface area (Å²) in [6.07, 6.45) is 14.9. The van der Waals surface area contributed by atoms with Crippen LogP contribution in [0.5, 0.6) is 0 Å². The number of fused-ring (bicyclic) bond motifs is 2. The van der Waals surface area contributed by atoms with Crippen LogP contribution in [0.4, 0.5) is 0 Å². The number of rotatable bonds is 4. The molecule has 4 heteroatoms. The zero-order valence-corrected chi connectivity index (χ0v) is 27.7. The van der Waals surface area contributed by atoms with Crippen LogP contribution in [0.1, 0.15) is 98.0 Å². The maximum atomic E-state index is 12.0. The molecule has 1 radical (unpaired) electrons. The molecule has 43 heavy (non-hydrogen) atoms. The van der Waals surface area contributed by atoms with E-state index in [0.29, 0.717) is 5.76 Å². The van der Waals surface area contributed by atoms with E-state index in [0.717, 1.165) is 36.9 Å². The van der Waals surface area contributed by atoms with E-state index in [4.69, 9.17) is 4.98 Å². The molecule has 2 saturated carbocycles. The Morgan fingerprint density at radius 1 is 0.837 bits per heavy atom. The number of hydrogen-bond acceptors (Lipinski definition) is 3. The number of nitrogens with zero attached hydrogens (tertiary/aromatic N) is 1. The number of allylic oxidation sites excluding steroid dienone is 2. The van der Waals surface area contributed by atoms with Crippen molar-refractivity contribution in [3.8, 4) is 11.3 Å². The largest absolute Gasteiger partial charge is 0.512 e. The number of benzene rings is 3. The topological polar surface area (TPSA) is 50.2 Å². The van der Waals surface area contributed by atoms with Gasteiger partial charge in [0.15, 0.2) is 5.78 Å². The van der Waals surface area contributed by atoms with Crippen LogP contribution in [0, 0.1) is 17.9 Å². The number of ketones is 1. The molecule has 0 atom stereocenters. The van der Waals surface area contributed by atoms with Gasteiger partial charge in [0.05, 0.1) is 5.76 Å². The van der Waals surface area contributed by atoms with Crippen LogP contribution in [0.15, 0.2) is 78.7 Å². The summed E-state index contributed by atoms with van der Waals surface area (Å²) in [5, 5.41) is 14.8. The van der Waals surface area contributed by atoms with Gasteiger partial charge in [0.2, 0.25) is 0 Å². The summed E-state index contributed by atoms with van der Waals surface area (Å²) in [4.78, 5) is 16.7. The van der Waals surface area contributed by atoms with E-state index in [-0.39, 0.29) is 50.6 Å². The molecule has 0 saturated heterocycles. The first-order valence-electron chi connectivity index (χ1n) is 15.5. The number of pyridine rings is 1. The molecule has 2 aliphatic rings. The van der Waals surface area contributed by atoms with Crippen molar-refractivity contribution in [1.82, 2.24) is 4.98 Å². The summed E-state index contributed by atoms with van der Waals surface area (Å²) in [6.45, 7) is 6.73. The Hall–Kier alpha value is -2.81. The molecule has 6 rings (SSSR count). The number of carbonyl (C=O) groups is 1. The Morgan fingerprint density at radius 3 is 2.14 bits per heavy atom. The van der Waals surface area contributed by atoms with Gasteiger partial charge < -0.3 is 10.1 Å². The van der Waals surface area contributed by atoms with Crippen LogP contribution in [-0.2, 0) is 30.3 Å². The molecule has 1 aromatic heterocycles. The summed E-state index contributed by atoms with van der Waals surface area (Å²) in [6, 6.07) is 24.7. The van der Waals surface area contributed by atoms with E-state index in [1.54, 1.807) is 6.08 Å². The molecule has 3 nitrogen and oxygen atoms in total. The van der Waals surface area contributed by atoms with Crippen molar-refractivity contribution in [3.63, 3.8) is 0 Å². The fourth-order valence-electron chi connectivity index (χ4n) is 6.36. The van der Waals surface area contributed by atoms with Crippen LogP contribution in [-0.4, -0.2) is 15.9 Å². The molecule has 0 amide bonds. The molecule has 0 spiro atoms. The van der Waals surface area contributed by atoms with Gasteiger partial charge in [-0.2, -0.15) is 0 Å². The predicted molar refractivity (Wildman–Crippen MR) is 178 cm³/mol. The summed E-state index contributed by atoms with van der Waals surface area (Å²) in [7, 11) is 0. The van der Waals surface area contributed by atoms with E-state index in [9.17, 15) is 9.90 Å². The minimum Gasteiger partial charge on any atom is -0.512 e. The second-order valence-electron chi connectivity index (χ2n) is 12.9. The smallest absolute Gasteiger partial charge is 0.162 e. The Labute approximate surface area is 272 Å². The molecular formula is C39H48IrNO2-. The van der Waals surface area contributed by atoms with Crippen LogP contribution in [0.2, 0.25) is 0 Å². The van der Waals surface area contributed by atoms with Gasteiger partial charge in [-0.3, -0.25) is 4.79 Å². The molecule has 0 bridgehead atoms. The molecule has 1 heterocycles. The number of aliphatic hydroxyl groups is 1. The number of carbonyl (C=O) groups excluding carboxylic acids is 1. The van der Waals surface area contributed by atoms with Gasteiger partial charge in [-0.1, -0.05) is 115 Å². The minimum absolute atomic E-state index is 0. The number of hydrogen-bond donors (Lipinski definition) is 1. The second kappa shape index (κ2) is 15.8. The summed E-state index contributed by atoms with van der Waals surface area (Å²) >= 11 is 0. The molecule has 0 unspecified atom stereocenters. The maximum absolute atomic E-state index is 12.0. The molecular weight excluding hydrogens is 707 g/mol. The zero-order valence-electron chi connectivity index (χ0n) is 25.3. The van der Waals surface area contributed by atoms with Crippen LogP contribution >= 0.6 is 0 Å². The molecule has 3 aromatic carbocycles. The van der Waals surface area contributed by atoms with E-state index < -0.39 is 0 Å². The van der Waals surface area contributed by atoms with Gasteiger partial charge in [-0.25, -0.2) is 0 Å². The summed E-state index contributed by atoms with van der Waals surface area (Å²) in [5.74, 6) is 0.985. The van der Waals surface area contributed by atoms with Gasteiger partial charge in [0.1, 0.15) is 0 Å². The molecule has 2 fully saturated rings. The Morgan fingerprint density at radius 2 is 1.47 bits per heavy atom. The maximum Gasteiger partial charge on any atom is 0.162 e. The Kier molecular flexibility index (Phi) is 12.7. The van der Waals surface area contributed by atoms with Gasteiger partial charge in [-0.05, 0) is 59.2 Å². The monoisotopic (exact) mass is 755 g/mol. The molecule has 2 aliphatic carbocycles. The fourth-order valence-corrected chi connectivity index (χ4v) is 6.36. The van der Waals surface area contributed by atoms with E-state index >= 15 is 0 Å². The third kappa shape index (κ3) is 8.64. The van der Waals surface area contributed by atoms with E-state index in [1.807, 2.05) is 12.3 Å². The molecule has 1 N–H and O–H groups in total. The van der Waals surface area contributed by atoms with Gasteiger partial charge in [0, 0.05) is 44.2 Å². The summed E-state index contributed by atoms with van der Waals surface area (Å²) in [5.41, 5.74) is 3.52. The van der Waals surface area contributed by atoms with Gasteiger partial charge in [0.25, 0.3) is 0 Å². The normalized spacial score (nSPS) is 16.5. The van der Waals surface area contributed by atoms with Crippen LogP contribution < -0.4 is 0 Å². The average Bonchev–Trinajstić information content (AvgIpc) is 3.01. The second-order valence-corrected chi connectivity index (χ2v) is 12.9. The quantitative estimate of drug-likeness (QED) is 0.128. The fraction of sp³-hybridized carbons (Fsp3) is 0.436. The Balaban J connectivity index is 0.000000238. The van der Waals surface area contributed by atoms with Crippen LogP contribution in [0.3, 0.4) is 0 Å². The van der Waals surface area contributed by atoms with Crippen molar-refractivity contribution in [1.29, 1.82) is 0 Å². The third-order valence-electron chi connectivity index (χ3n) is 8.91. The molecule has 0 aliphatic heterocycles. The van der Waals surface area contributed by atoms with Crippen LogP contribution in [0.25, 0.3) is 32.8 Å². The predicted octanol–water partition coefficient (Wildman–Crippen LogP) is 10.9. The SMILES string of the molecule is C.CC(C)(C)c1ccc2ccnc(-c3[c-]ccc4ccccc34)c2c1.O=C(C=C(O)C1CCCCC1)C1CCCCC1.[Ir]. The van der Waals surface area contributed by atoms with E-state index in [2.05, 4.69) is 81.4 Å². The average molecular weight is 755 g/mol. The number of aliphatic hydroxyl groups excluding tert-OH is 1. The first-order chi connectivity index (χ1) is 19.8. The minimum atomic E-state index is 0. The summed E-state index contributed by atoms with van der Waals surface area (Å²) < 4.78 is 0. The standard InChI is InChI=1S/C23H20N.C15H24O2.CH4.Ir/c1-23(2,3)18-12-11-17-13-14-24-22(21(17)15-18)20-10-6-8-16-7-4-5-9-19(16)20;16-14(12-7-3-1-4-8-12)11-15(17)13-9-5-2-6-10-13;;/h4-9,11-15H,1-3H3;11-13,16H,1-10H2;1H4;/q-1;;;. The van der Waals surface area contributed by atoms with Crippen molar-refractivity contribution in [2.45, 2.75) is 97.8 Å². The third-order valence-corrected chi connectivity index (χ3v) is 8.91. The van der Waals surface area contributed by atoms with Gasteiger partial charge in [-0.15, -0.1) is 29.1 Å². The van der Waals surface area contributed by atoms with Crippen molar-refractivity contribution in [3.05, 3.63) is 90.3 Å². The first kappa shape index (κ1) is 34.7. The Bertz CT molecular complexity index is 1520. The van der Waals surface area contributed by atoms with Crippen molar-refractivity contribution >= 4 is 27.3 Å². The zero-order chi connectivity index (χ0) is 28.8.